The maximum Gasteiger partial charge on any atom is 0.124 e. The van der Waals surface area contributed by atoms with Crippen LogP contribution >= 0.6 is 11.3 Å². The zero-order valence-corrected chi connectivity index (χ0v) is 12.9. The van der Waals surface area contributed by atoms with Crippen molar-refractivity contribution in [1.82, 2.24) is 9.97 Å². The second-order valence-electron chi connectivity index (χ2n) is 5.70. The van der Waals surface area contributed by atoms with Gasteiger partial charge < -0.3 is 5.11 Å². The van der Waals surface area contributed by atoms with Gasteiger partial charge in [0.05, 0.1) is 10.6 Å². The lowest BCUT2D eigenvalue weighted by Gasteiger charge is -2.12. The summed E-state index contributed by atoms with van der Waals surface area (Å²) in [6.45, 7) is 9.85. The topological polar surface area (TPSA) is 46.0 Å². The lowest BCUT2D eigenvalue weighted by atomic mass is 10.1. The number of pyridine rings is 1. The molecule has 0 atom stereocenters. The molecule has 2 heterocycles. The summed E-state index contributed by atoms with van der Waals surface area (Å²) in [4.78, 5) is 9.99. The largest absolute Gasteiger partial charge is 0.383 e. The Hall–Kier alpha value is -1.26. The Bertz CT molecular complexity index is 582. The van der Waals surface area contributed by atoms with Gasteiger partial charge in [0, 0.05) is 11.9 Å². The number of aromatic nitrogens is 2. The fraction of sp³-hybridized carbons (Fsp3) is 0.467. The first-order chi connectivity index (χ1) is 8.77. The number of nitrogens with zero attached hydrogens (tertiary/aromatic N) is 2. The van der Waals surface area contributed by atoms with Crippen LogP contribution in [0.25, 0.3) is 10.6 Å². The molecule has 0 amide bonds. The van der Waals surface area contributed by atoms with Crippen LogP contribution in [0.1, 0.15) is 49.9 Å². The van der Waals surface area contributed by atoms with Crippen molar-refractivity contribution in [3.05, 3.63) is 34.6 Å². The summed E-state index contributed by atoms with van der Waals surface area (Å²) in [5.41, 5.74) is 2.34. The molecule has 4 heteroatoms. The molecule has 0 unspecified atom stereocenters. The first-order valence-corrected chi connectivity index (χ1v) is 7.26. The van der Waals surface area contributed by atoms with Crippen LogP contribution in [0.2, 0.25) is 0 Å². The van der Waals surface area contributed by atoms with E-state index in [9.17, 15) is 5.11 Å². The molecule has 0 bridgehead atoms. The number of rotatable bonds is 3. The molecule has 0 aliphatic rings. The van der Waals surface area contributed by atoms with Gasteiger partial charge >= 0.3 is 0 Å². The molecule has 0 fully saturated rings. The number of hydrogen-bond acceptors (Lipinski definition) is 4. The zero-order chi connectivity index (χ0) is 14.2. The first kappa shape index (κ1) is 14.2. The van der Waals surface area contributed by atoms with E-state index in [1.807, 2.05) is 0 Å². The number of thiazole rings is 1. The van der Waals surface area contributed by atoms with Gasteiger partial charge in [-0.15, -0.1) is 11.3 Å². The van der Waals surface area contributed by atoms with E-state index >= 15 is 0 Å². The molecule has 102 valence electrons. The van der Waals surface area contributed by atoms with E-state index < -0.39 is 5.60 Å². The number of aliphatic hydroxyl groups is 1. The molecule has 0 aromatic carbocycles. The predicted molar refractivity (Wildman–Crippen MR) is 79.4 cm³/mol. The van der Waals surface area contributed by atoms with E-state index in [2.05, 4.69) is 42.9 Å². The SMILES string of the molecule is Cc1cc(-c2cnc(C(C)(C)O)s2)nc(C(C)C)c1. The Kier molecular flexibility index (Phi) is 3.74. The minimum Gasteiger partial charge on any atom is -0.383 e. The molecule has 19 heavy (non-hydrogen) atoms. The molecule has 0 aliphatic heterocycles. The van der Waals surface area contributed by atoms with Gasteiger partial charge in [0.25, 0.3) is 0 Å². The van der Waals surface area contributed by atoms with Gasteiger partial charge in [-0.05, 0) is 44.4 Å². The normalized spacial score (nSPS) is 12.2. The van der Waals surface area contributed by atoms with Crippen molar-refractivity contribution < 1.29 is 5.11 Å². The smallest absolute Gasteiger partial charge is 0.124 e. The van der Waals surface area contributed by atoms with Crippen LogP contribution in [-0.4, -0.2) is 15.1 Å². The van der Waals surface area contributed by atoms with Gasteiger partial charge in [-0.25, -0.2) is 4.98 Å². The second-order valence-corrected chi connectivity index (χ2v) is 6.73. The van der Waals surface area contributed by atoms with Crippen LogP contribution in [0.4, 0.5) is 0 Å². The third-order valence-corrected chi connectivity index (χ3v) is 4.20. The summed E-state index contributed by atoms with van der Waals surface area (Å²) in [5.74, 6) is 0.403. The van der Waals surface area contributed by atoms with Crippen LogP contribution in [0.3, 0.4) is 0 Å². The molecule has 0 saturated heterocycles. The van der Waals surface area contributed by atoms with Crippen molar-refractivity contribution in [3.63, 3.8) is 0 Å². The van der Waals surface area contributed by atoms with Crippen LogP contribution < -0.4 is 0 Å². The number of aryl methyl sites for hydroxylation is 1. The molecule has 0 spiro atoms. The van der Waals surface area contributed by atoms with Crippen LogP contribution in [0.15, 0.2) is 18.3 Å². The van der Waals surface area contributed by atoms with Crippen molar-refractivity contribution in [2.45, 2.75) is 46.1 Å². The summed E-state index contributed by atoms with van der Waals surface area (Å²) in [7, 11) is 0. The average Bonchev–Trinajstić information content (AvgIpc) is 2.76. The van der Waals surface area contributed by atoms with Gasteiger partial charge in [0.15, 0.2) is 0 Å². The summed E-state index contributed by atoms with van der Waals surface area (Å²) < 4.78 is 0. The fourth-order valence-corrected chi connectivity index (χ4v) is 2.67. The highest BCUT2D eigenvalue weighted by Crippen LogP contribution is 2.31. The minimum atomic E-state index is -0.895. The van der Waals surface area contributed by atoms with E-state index in [0.29, 0.717) is 5.92 Å². The van der Waals surface area contributed by atoms with E-state index in [1.54, 1.807) is 20.0 Å². The Balaban J connectivity index is 2.44. The van der Waals surface area contributed by atoms with Crippen LogP contribution in [0.5, 0.6) is 0 Å². The van der Waals surface area contributed by atoms with E-state index in [0.717, 1.165) is 21.3 Å². The summed E-state index contributed by atoms with van der Waals surface area (Å²) in [6, 6.07) is 4.18. The van der Waals surface area contributed by atoms with E-state index in [-0.39, 0.29) is 0 Å². The molecule has 0 saturated carbocycles. The first-order valence-electron chi connectivity index (χ1n) is 6.45. The minimum absolute atomic E-state index is 0.403. The highest BCUT2D eigenvalue weighted by atomic mass is 32.1. The Morgan fingerprint density at radius 2 is 1.95 bits per heavy atom. The van der Waals surface area contributed by atoms with Crippen LogP contribution in [0, 0.1) is 6.92 Å². The van der Waals surface area contributed by atoms with Crippen molar-refractivity contribution >= 4 is 11.3 Å². The predicted octanol–water partition coefficient (Wildman–Crippen LogP) is 3.86. The monoisotopic (exact) mass is 276 g/mol. The van der Waals surface area contributed by atoms with Gasteiger partial charge in [-0.2, -0.15) is 0 Å². The van der Waals surface area contributed by atoms with Crippen molar-refractivity contribution in [1.29, 1.82) is 0 Å². The van der Waals surface area contributed by atoms with Gasteiger partial charge in [-0.3, -0.25) is 4.98 Å². The maximum absolute atomic E-state index is 9.97. The maximum atomic E-state index is 9.97. The summed E-state index contributed by atoms with van der Waals surface area (Å²) in [6.07, 6.45) is 1.80. The van der Waals surface area contributed by atoms with E-state index in [4.69, 9.17) is 0 Å². The Morgan fingerprint density at radius 1 is 1.26 bits per heavy atom. The molecular weight excluding hydrogens is 256 g/mol. The Labute approximate surface area is 118 Å². The lowest BCUT2D eigenvalue weighted by Crippen LogP contribution is -2.14. The molecule has 0 radical (unpaired) electrons. The Morgan fingerprint density at radius 3 is 2.47 bits per heavy atom. The van der Waals surface area contributed by atoms with Crippen molar-refractivity contribution in [3.8, 4) is 10.6 Å². The molecular formula is C15H20N2OS. The molecule has 0 aliphatic carbocycles. The fourth-order valence-electron chi connectivity index (χ4n) is 1.79. The molecule has 2 aromatic rings. The standard InChI is InChI=1S/C15H20N2OS/c1-9(2)11-6-10(3)7-12(17-11)13-8-16-14(19-13)15(4,5)18/h6-9,18H,1-5H3. The second kappa shape index (κ2) is 5.02. The van der Waals surface area contributed by atoms with Gasteiger partial charge in [0.2, 0.25) is 0 Å². The van der Waals surface area contributed by atoms with Gasteiger partial charge in [-0.1, -0.05) is 13.8 Å². The quantitative estimate of drug-likeness (QED) is 0.925. The van der Waals surface area contributed by atoms with Crippen molar-refractivity contribution in [2.75, 3.05) is 0 Å². The summed E-state index contributed by atoms with van der Waals surface area (Å²) in [5, 5.41) is 10.7. The highest BCUT2D eigenvalue weighted by Gasteiger charge is 2.21. The van der Waals surface area contributed by atoms with Crippen molar-refractivity contribution in [2.24, 2.45) is 0 Å². The third kappa shape index (κ3) is 3.19. The lowest BCUT2D eigenvalue weighted by molar-refractivity contribution is 0.0783. The van der Waals surface area contributed by atoms with E-state index in [1.165, 1.54) is 16.9 Å². The van der Waals surface area contributed by atoms with Crippen LogP contribution in [-0.2, 0) is 5.60 Å². The third-order valence-electron chi connectivity index (χ3n) is 2.86. The van der Waals surface area contributed by atoms with Gasteiger partial charge in [0.1, 0.15) is 10.6 Å². The summed E-state index contributed by atoms with van der Waals surface area (Å²) >= 11 is 1.50. The highest BCUT2D eigenvalue weighted by molar-refractivity contribution is 7.15. The molecule has 1 N–H and O–H groups in total. The zero-order valence-electron chi connectivity index (χ0n) is 12.1. The molecule has 3 nitrogen and oxygen atoms in total. The average molecular weight is 276 g/mol. The molecule has 2 rings (SSSR count). The molecule has 2 aromatic heterocycles. The number of hydrogen-bond donors (Lipinski definition) is 1.